The van der Waals surface area contributed by atoms with Crippen LogP contribution in [-0.4, -0.2) is 29.1 Å². The van der Waals surface area contributed by atoms with Crippen LogP contribution in [0.25, 0.3) is 0 Å². The third kappa shape index (κ3) is 3.91. The molecule has 4 nitrogen and oxygen atoms in total. The lowest BCUT2D eigenvalue weighted by Crippen LogP contribution is -2.46. The van der Waals surface area contributed by atoms with Crippen molar-refractivity contribution < 1.29 is 9.90 Å². The highest BCUT2D eigenvalue weighted by Gasteiger charge is 2.35. The summed E-state index contributed by atoms with van der Waals surface area (Å²) in [5.74, 6) is 0. The van der Waals surface area contributed by atoms with Crippen LogP contribution in [0.1, 0.15) is 18.4 Å². The van der Waals surface area contributed by atoms with Gasteiger partial charge in [0.15, 0.2) is 0 Å². The minimum atomic E-state index is -0.906. The molecule has 1 heterocycles. The van der Waals surface area contributed by atoms with E-state index in [0.717, 1.165) is 15.7 Å². The van der Waals surface area contributed by atoms with Crippen molar-refractivity contribution in [3.05, 3.63) is 63.6 Å². The average Bonchev–Trinajstić information content (AvgIpc) is 2.56. The number of carbonyl (C=O) groups excluding carboxylic acids is 1. The number of carbonyl (C=O) groups is 1. The normalized spacial score (nSPS) is 16.7. The molecular weight excluding hydrogens is 392 g/mol. The van der Waals surface area contributed by atoms with Crippen LogP contribution < -0.4 is 5.32 Å². The maximum Gasteiger partial charge on any atom is 0.321 e. The van der Waals surface area contributed by atoms with Crippen molar-refractivity contribution >= 4 is 39.2 Å². The molecule has 0 bridgehead atoms. The molecule has 0 spiro atoms. The van der Waals surface area contributed by atoms with Gasteiger partial charge in [0.1, 0.15) is 0 Å². The largest absolute Gasteiger partial charge is 0.385 e. The van der Waals surface area contributed by atoms with Gasteiger partial charge in [0.05, 0.1) is 5.60 Å². The van der Waals surface area contributed by atoms with E-state index in [1.807, 2.05) is 36.4 Å². The number of nitrogens with zero attached hydrogens (tertiary/aromatic N) is 1. The third-order valence-electron chi connectivity index (χ3n) is 4.34. The number of nitrogens with one attached hydrogen (secondary N) is 1. The fourth-order valence-electron chi connectivity index (χ4n) is 2.90. The second-order valence-electron chi connectivity index (χ2n) is 5.97. The Hall–Kier alpha value is -1.56. The van der Waals surface area contributed by atoms with Crippen LogP contribution in [0.5, 0.6) is 0 Å². The highest BCUT2D eigenvalue weighted by atomic mass is 79.9. The van der Waals surface area contributed by atoms with E-state index in [2.05, 4.69) is 21.2 Å². The predicted molar refractivity (Wildman–Crippen MR) is 99.3 cm³/mol. The molecule has 24 heavy (non-hydrogen) atoms. The topological polar surface area (TPSA) is 52.6 Å². The Bertz CT molecular complexity index is 728. The van der Waals surface area contributed by atoms with Crippen LogP contribution >= 0.6 is 27.5 Å². The summed E-state index contributed by atoms with van der Waals surface area (Å²) in [4.78, 5) is 14.1. The first kappa shape index (κ1) is 17.3. The molecule has 0 radical (unpaired) electrons. The highest BCUT2D eigenvalue weighted by molar-refractivity contribution is 9.10. The molecule has 0 aliphatic carbocycles. The highest BCUT2D eigenvalue weighted by Crippen LogP contribution is 2.33. The number of aliphatic hydroxyl groups is 1. The summed E-state index contributed by atoms with van der Waals surface area (Å²) in [6.45, 7) is 0.998. The van der Waals surface area contributed by atoms with Gasteiger partial charge in [-0.25, -0.2) is 4.79 Å². The number of anilines is 1. The number of hydrogen-bond donors (Lipinski definition) is 2. The standard InChI is InChI=1S/C18H18BrClN2O2/c19-14-2-1-3-16(12-14)21-17(23)22-10-8-18(24,9-11-22)13-4-6-15(20)7-5-13/h1-7,12,24H,8-11H2,(H,21,23). The Kier molecular flexibility index (Phi) is 5.13. The molecule has 3 rings (SSSR count). The molecule has 1 saturated heterocycles. The van der Waals surface area contributed by atoms with E-state index >= 15 is 0 Å². The first-order chi connectivity index (χ1) is 11.5. The Morgan fingerprint density at radius 3 is 2.46 bits per heavy atom. The van der Waals surface area contributed by atoms with Gasteiger partial charge in [-0.3, -0.25) is 0 Å². The number of halogens is 2. The average molecular weight is 410 g/mol. The van der Waals surface area contributed by atoms with Crippen molar-refractivity contribution in [1.82, 2.24) is 4.90 Å². The first-order valence-corrected chi connectivity index (χ1v) is 8.93. The van der Waals surface area contributed by atoms with Crippen molar-refractivity contribution in [3.63, 3.8) is 0 Å². The van der Waals surface area contributed by atoms with Gasteiger partial charge in [-0.05, 0) is 48.7 Å². The number of piperidine rings is 1. The first-order valence-electron chi connectivity index (χ1n) is 7.76. The molecule has 126 valence electrons. The fourth-order valence-corrected chi connectivity index (χ4v) is 3.42. The molecule has 2 aromatic rings. The van der Waals surface area contributed by atoms with E-state index in [9.17, 15) is 9.90 Å². The summed E-state index contributed by atoms with van der Waals surface area (Å²) in [7, 11) is 0. The van der Waals surface area contributed by atoms with Gasteiger partial charge >= 0.3 is 6.03 Å². The summed E-state index contributed by atoms with van der Waals surface area (Å²) < 4.78 is 0.913. The Labute approximate surface area is 154 Å². The van der Waals surface area contributed by atoms with Crippen LogP contribution in [0.3, 0.4) is 0 Å². The second kappa shape index (κ2) is 7.13. The van der Waals surface area contributed by atoms with Crippen LogP contribution in [-0.2, 0) is 5.60 Å². The molecule has 2 amide bonds. The summed E-state index contributed by atoms with van der Waals surface area (Å²) in [6, 6.07) is 14.6. The number of rotatable bonds is 2. The van der Waals surface area contributed by atoms with E-state index in [-0.39, 0.29) is 6.03 Å². The van der Waals surface area contributed by atoms with Crippen LogP contribution in [0, 0.1) is 0 Å². The molecule has 0 saturated carbocycles. The molecule has 0 aromatic heterocycles. The molecule has 6 heteroatoms. The minimum Gasteiger partial charge on any atom is -0.385 e. The lowest BCUT2D eigenvalue weighted by Gasteiger charge is -2.38. The quantitative estimate of drug-likeness (QED) is 0.760. The number of urea groups is 1. The van der Waals surface area contributed by atoms with Gasteiger partial charge in [0, 0.05) is 28.3 Å². The summed E-state index contributed by atoms with van der Waals surface area (Å²) >= 11 is 9.29. The SMILES string of the molecule is O=C(Nc1cccc(Br)c1)N1CCC(O)(c2ccc(Cl)cc2)CC1. The number of likely N-dealkylation sites (tertiary alicyclic amines) is 1. The molecule has 1 aliphatic heterocycles. The van der Waals surface area contributed by atoms with Crippen molar-refractivity contribution in [2.24, 2.45) is 0 Å². The zero-order valence-electron chi connectivity index (χ0n) is 13.0. The molecular formula is C18H18BrClN2O2. The van der Waals surface area contributed by atoms with Gasteiger partial charge < -0.3 is 15.3 Å². The fraction of sp³-hybridized carbons (Fsp3) is 0.278. The Morgan fingerprint density at radius 1 is 1.17 bits per heavy atom. The summed E-state index contributed by atoms with van der Waals surface area (Å²) in [5.41, 5.74) is 0.684. The molecule has 2 aromatic carbocycles. The van der Waals surface area contributed by atoms with E-state index in [1.54, 1.807) is 17.0 Å². The van der Waals surface area contributed by atoms with Gasteiger partial charge in [-0.1, -0.05) is 45.7 Å². The predicted octanol–water partition coefficient (Wildman–Crippen LogP) is 4.62. The van der Waals surface area contributed by atoms with Crippen LogP contribution in [0.2, 0.25) is 5.02 Å². The smallest absolute Gasteiger partial charge is 0.321 e. The molecule has 1 aliphatic rings. The molecule has 1 fully saturated rings. The maximum atomic E-state index is 12.4. The number of amides is 2. The van der Waals surface area contributed by atoms with E-state index in [0.29, 0.717) is 31.0 Å². The van der Waals surface area contributed by atoms with Crippen molar-refractivity contribution in [2.75, 3.05) is 18.4 Å². The monoisotopic (exact) mass is 408 g/mol. The van der Waals surface area contributed by atoms with Gasteiger partial charge in [0.25, 0.3) is 0 Å². The van der Waals surface area contributed by atoms with Gasteiger partial charge in [-0.2, -0.15) is 0 Å². The van der Waals surface area contributed by atoms with Crippen LogP contribution in [0.4, 0.5) is 10.5 Å². The zero-order valence-corrected chi connectivity index (χ0v) is 15.3. The van der Waals surface area contributed by atoms with Crippen molar-refractivity contribution in [1.29, 1.82) is 0 Å². The molecule has 0 atom stereocenters. The minimum absolute atomic E-state index is 0.147. The lowest BCUT2D eigenvalue weighted by molar-refractivity contribution is -0.0156. The third-order valence-corrected chi connectivity index (χ3v) is 5.08. The maximum absolute atomic E-state index is 12.4. The van der Waals surface area contributed by atoms with E-state index < -0.39 is 5.60 Å². The van der Waals surface area contributed by atoms with Gasteiger partial charge in [0.2, 0.25) is 0 Å². The van der Waals surface area contributed by atoms with Crippen molar-refractivity contribution in [2.45, 2.75) is 18.4 Å². The number of benzene rings is 2. The molecule has 2 N–H and O–H groups in total. The zero-order chi connectivity index (χ0) is 17.2. The van der Waals surface area contributed by atoms with E-state index in [1.165, 1.54) is 0 Å². The Morgan fingerprint density at radius 2 is 1.83 bits per heavy atom. The van der Waals surface area contributed by atoms with E-state index in [4.69, 9.17) is 11.6 Å². The van der Waals surface area contributed by atoms with Crippen molar-refractivity contribution in [3.8, 4) is 0 Å². The van der Waals surface area contributed by atoms with Crippen LogP contribution in [0.15, 0.2) is 53.0 Å². The second-order valence-corrected chi connectivity index (χ2v) is 7.32. The lowest BCUT2D eigenvalue weighted by atomic mass is 9.84. The summed E-state index contributed by atoms with van der Waals surface area (Å²) in [5, 5.41) is 14.4. The molecule has 0 unspecified atom stereocenters. The Balaban J connectivity index is 1.62. The summed E-state index contributed by atoms with van der Waals surface area (Å²) in [6.07, 6.45) is 1.00. The number of hydrogen-bond acceptors (Lipinski definition) is 2. The van der Waals surface area contributed by atoms with Gasteiger partial charge in [-0.15, -0.1) is 0 Å².